The minimum Gasteiger partial charge on any atom is -0.457 e. The molecule has 5 heteroatoms. The van der Waals surface area contributed by atoms with Gasteiger partial charge in [0.15, 0.2) is 0 Å². The summed E-state index contributed by atoms with van der Waals surface area (Å²) in [5.41, 5.74) is 9.08. The third kappa shape index (κ3) is 3.02. The van der Waals surface area contributed by atoms with Crippen LogP contribution < -0.4 is 10.5 Å². The molecule has 0 amide bonds. The van der Waals surface area contributed by atoms with Crippen LogP contribution in [0.1, 0.15) is 5.69 Å². The van der Waals surface area contributed by atoms with Crippen molar-refractivity contribution in [3.05, 3.63) is 54.5 Å². The molecule has 3 aromatic rings. The molecule has 0 spiro atoms. The third-order valence-corrected chi connectivity index (χ3v) is 3.04. The summed E-state index contributed by atoms with van der Waals surface area (Å²) in [7, 11) is 1.88. The highest BCUT2D eigenvalue weighted by Crippen LogP contribution is 2.27. The number of nitrogens with zero attached hydrogens (tertiary/aromatic N) is 3. The molecule has 0 atom stereocenters. The number of hydrogen-bond acceptors (Lipinski definition) is 4. The Bertz CT molecular complexity index is 762. The van der Waals surface area contributed by atoms with E-state index in [1.54, 1.807) is 10.9 Å². The Morgan fingerprint density at radius 2 is 1.86 bits per heavy atom. The standard InChI is InChI=1S/C16H16N4O/c1-11-7-15(21-14-5-3-13(17)4-6-14)8-16(19-11)12-9-18-20(2)10-12/h3-10H,17H2,1-2H3. The van der Waals surface area contributed by atoms with Gasteiger partial charge in [-0.05, 0) is 31.2 Å². The summed E-state index contributed by atoms with van der Waals surface area (Å²) in [6, 6.07) is 11.1. The highest BCUT2D eigenvalue weighted by molar-refractivity contribution is 5.59. The highest BCUT2D eigenvalue weighted by Gasteiger charge is 2.07. The Kier molecular flexibility index (Phi) is 3.31. The summed E-state index contributed by atoms with van der Waals surface area (Å²) in [4.78, 5) is 4.52. The summed E-state index contributed by atoms with van der Waals surface area (Å²) in [5.74, 6) is 1.48. The van der Waals surface area contributed by atoms with E-state index in [0.29, 0.717) is 5.69 Å². The van der Waals surface area contributed by atoms with Crippen molar-refractivity contribution in [1.29, 1.82) is 0 Å². The van der Waals surface area contributed by atoms with Crippen LogP contribution in [0.15, 0.2) is 48.8 Å². The van der Waals surface area contributed by atoms with Gasteiger partial charge >= 0.3 is 0 Å². The van der Waals surface area contributed by atoms with Crippen molar-refractivity contribution in [3.8, 4) is 22.8 Å². The fourth-order valence-electron chi connectivity index (χ4n) is 2.07. The first kappa shape index (κ1) is 13.2. The molecule has 0 radical (unpaired) electrons. The van der Waals surface area contributed by atoms with Crippen LogP contribution in [0.5, 0.6) is 11.5 Å². The monoisotopic (exact) mass is 280 g/mol. The zero-order valence-electron chi connectivity index (χ0n) is 11.9. The topological polar surface area (TPSA) is 66.0 Å². The summed E-state index contributed by atoms with van der Waals surface area (Å²) >= 11 is 0. The molecule has 0 saturated heterocycles. The van der Waals surface area contributed by atoms with Crippen LogP contribution in [0.3, 0.4) is 0 Å². The number of hydrogen-bond donors (Lipinski definition) is 1. The maximum absolute atomic E-state index is 5.86. The second-order valence-corrected chi connectivity index (χ2v) is 4.90. The van der Waals surface area contributed by atoms with Gasteiger partial charge in [0.1, 0.15) is 11.5 Å². The van der Waals surface area contributed by atoms with Crippen LogP contribution in [-0.4, -0.2) is 14.8 Å². The van der Waals surface area contributed by atoms with Gasteiger partial charge < -0.3 is 10.5 Å². The molecule has 0 bridgehead atoms. The molecule has 2 aromatic heterocycles. The fourth-order valence-corrected chi connectivity index (χ4v) is 2.07. The molecule has 0 fully saturated rings. The quantitative estimate of drug-likeness (QED) is 0.748. The van der Waals surface area contributed by atoms with E-state index >= 15 is 0 Å². The SMILES string of the molecule is Cc1cc(Oc2ccc(N)cc2)cc(-c2cnn(C)c2)n1. The maximum Gasteiger partial charge on any atom is 0.131 e. The number of anilines is 1. The predicted octanol–water partition coefficient (Wildman–Crippen LogP) is 3.17. The second kappa shape index (κ2) is 5.28. The number of rotatable bonds is 3. The van der Waals surface area contributed by atoms with Crippen molar-refractivity contribution in [2.24, 2.45) is 7.05 Å². The van der Waals surface area contributed by atoms with Crippen LogP contribution in [0.25, 0.3) is 11.3 Å². The lowest BCUT2D eigenvalue weighted by Gasteiger charge is -2.08. The molecule has 2 heterocycles. The van der Waals surface area contributed by atoms with Gasteiger partial charge in [0.2, 0.25) is 0 Å². The number of pyridine rings is 1. The average Bonchev–Trinajstić information content (AvgIpc) is 2.88. The van der Waals surface area contributed by atoms with Gasteiger partial charge in [-0.15, -0.1) is 0 Å². The molecule has 106 valence electrons. The maximum atomic E-state index is 5.86. The molecule has 3 rings (SSSR count). The third-order valence-electron chi connectivity index (χ3n) is 3.04. The predicted molar refractivity (Wildman–Crippen MR) is 82.1 cm³/mol. The number of aromatic nitrogens is 3. The normalized spacial score (nSPS) is 10.6. The largest absolute Gasteiger partial charge is 0.457 e. The van der Waals surface area contributed by atoms with Gasteiger partial charge in [-0.3, -0.25) is 9.67 Å². The van der Waals surface area contributed by atoms with Gasteiger partial charge in [-0.2, -0.15) is 5.10 Å². The molecule has 0 unspecified atom stereocenters. The summed E-state index contributed by atoms with van der Waals surface area (Å²) in [5, 5.41) is 4.17. The summed E-state index contributed by atoms with van der Waals surface area (Å²) < 4.78 is 7.61. The summed E-state index contributed by atoms with van der Waals surface area (Å²) in [6.45, 7) is 1.94. The van der Waals surface area contributed by atoms with E-state index in [1.807, 2.05) is 56.6 Å². The average molecular weight is 280 g/mol. The van der Waals surface area contributed by atoms with E-state index in [0.717, 1.165) is 28.5 Å². The van der Waals surface area contributed by atoms with Crippen LogP contribution in [-0.2, 0) is 7.05 Å². The zero-order valence-corrected chi connectivity index (χ0v) is 11.9. The van der Waals surface area contributed by atoms with Gasteiger partial charge in [0, 0.05) is 42.3 Å². The zero-order chi connectivity index (χ0) is 14.8. The Balaban J connectivity index is 1.92. The van der Waals surface area contributed by atoms with Crippen molar-refractivity contribution in [1.82, 2.24) is 14.8 Å². The molecular weight excluding hydrogens is 264 g/mol. The Morgan fingerprint density at radius 3 is 2.52 bits per heavy atom. The Morgan fingerprint density at radius 1 is 1.10 bits per heavy atom. The number of nitrogens with two attached hydrogens (primary N) is 1. The molecule has 0 aliphatic heterocycles. The van der Waals surface area contributed by atoms with E-state index in [1.165, 1.54) is 0 Å². The molecule has 1 aromatic carbocycles. The minimum atomic E-state index is 0.712. The van der Waals surface area contributed by atoms with E-state index in [-0.39, 0.29) is 0 Å². The lowest BCUT2D eigenvalue weighted by Crippen LogP contribution is -1.91. The first-order valence-corrected chi connectivity index (χ1v) is 6.61. The van der Waals surface area contributed by atoms with E-state index in [2.05, 4.69) is 10.1 Å². The molecule has 21 heavy (non-hydrogen) atoms. The smallest absolute Gasteiger partial charge is 0.131 e. The number of ether oxygens (including phenoxy) is 1. The highest BCUT2D eigenvalue weighted by atomic mass is 16.5. The molecular formula is C16H16N4O. The number of benzene rings is 1. The molecule has 0 aliphatic carbocycles. The van der Waals surface area contributed by atoms with Crippen molar-refractivity contribution < 1.29 is 4.74 Å². The van der Waals surface area contributed by atoms with E-state index in [9.17, 15) is 0 Å². The molecule has 2 N–H and O–H groups in total. The van der Waals surface area contributed by atoms with Crippen LogP contribution in [0, 0.1) is 6.92 Å². The minimum absolute atomic E-state index is 0.712. The van der Waals surface area contributed by atoms with Crippen molar-refractivity contribution >= 4 is 5.69 Å². The Hall–Kier alpha value is -2.82. The van der Waals surface area contributed by atoms with Crippen LogP contribution >= 0.6 is 0 Å². The first-order valence-electron chi connectivity index (χ1n) is 6.61. The van der Waals surface area contributed by atoms with Crippen molar-refractivity contribution in [3.63, 3.8) is 0 Å². The lowest BCUT2D eigenvalue weighted by molar-refractivity contribution is 0.482. The van der Waals surface area contributed by atoms with Crippen molar-refractivity contribution in [2.75, 3.05) is 5.73 Å². The van der Waals surface area contributed by atoms with E-state index in [4.69, 9.17) is 10.5 Å². The van der Waals surface area contributed by atoms with Crippen LogP contribution in [0.2, 0.25) is 0 Å². The van der Waals surface area contributed by atoms with Crippen molar-refractivity contribution in [2.45, 2.75) is 6.92 Å². The van der Waals surface area contributed by atoms with Gasteiger partial charge in [-0.1, -0.05) is 0 Å². The van der Waals surface area contributed by atoms with Crippen LogP contribution in [0.4, 0.5) is 5.69 Å². The molecule has 0 aliphatic rings. The lowest BCUT2D eigenvalue weighted by atomic mass is 10.2. The van der Waals surface area contributed by atoms with Gasteiger partial charge in [-0.25, -0.2) is 0 Å². The number of aryl methyl sites for hydroxylation is 2. The fraction of sp³-hybridized carbons (Fsp3) is 0.125. The van der Waals surface area contributed by atoms with E-state index < -0.39 is 0 Å². The second-order valence-electron chi connectivity index (χ2n) is 4.90. The first-order chi connectivity index (χ1) is 10.1. The molecule has 5 nitrogen and oxygen atoms in total. The summed E-state index contributed by atoms with van der Waals surface area (Å²) in [6.07, 6.45) is 3.71. The Labute approximate surface area is 123 Å². The number of nitrogen functional groups attached to an aromatic ring is 1. The van der Waals surface area contributed by atoms with Gasteiger partial charge in [0.25, 0.3) is 0 Å². The van der Waals surface area contributed by atoms with Gasteiger partial charge in [0.05, 0.1) is 11.9 Å². The molecule has 0 saturated carbocycles.